The molecule has 3 rings (SSSR count). The summed E-state index contributed by atoms with van der Waals surface area (Å²) >= 11 is 0. The van der Waals surface area contributed by atoms with Crippen LogP contribution in [0.15, 0.2) is 89.1 Å². The molecule has 0 radical (unpaired) electrons. The van der Waals surface area contributed by atoms with Crippen molar-refractivity contribution >= 4 is 28.8 Å². The van der Waals surface area contributed by atoms with Crippen molar-refractivity contribution in [1.29, 1.82) is 0 Å². The molecule has 7 heteroatoms. The van der Waals surface area contributed by atoms with E-state index >= 15 is 0 Å². The molecule has 0 aliphatic rings. The van der Waals surface area contributed by atoms with Crippen LogP contribution in [0.5, 0.6) is 11.5 Å². The van der Waals surface area contributed by atoms with Crippen molar-refractivity contribution in [2.75, 3.05) is 11.4 Å². The minimum absolute atomic E-state index is 0.0103. The van der Waals surface area contributed by atoms with Crippen LogP contribution in [0.2, 0.25) is 0 Å². The molecule has 0 spiro atoms. The zero-order chi connectivity index (χ0) is 23.3. The van der Waals surface area contributed by atoms with Crippen LogP contribution in [-0.4, -0.2) is 28.4 Å². The Kier molecular flexibility index (Phi) is 6.80. The van der Waals surface area contributed by atoms with Gasteiger partial charge in [-0.25, -0.2) is 0 Å². The number of nitrogens with zero attached hydrogens (tertiary/aromatic N) is 3. The number of rotatable bonds is 7. The van der Waals surface area contributed by atoms with Crippen LogP contribution in [0.25, 0.3) is 0 Å². The van der Waals surface area contributed by atoms with Crippen molar-refractivity contribution in [1.82, 2.24) is 0 Å². The summed E-state index contributed by atoms with van der Waals surface area (Å²) < 4.78 is 0. The van der Waals surface area contributed by atoms with Crippen molar-refractivity contribution in [3.63, 3.8) is 0 Å². The molecule has 3 aromatic carbocycles. The number of carbonyl (C=O) groups excluding carboxylic acids is 2. The first kappa shape index (κ1) is 22.4. The molecule has 7 nitrogen and oxygen atoms in total. The maximum Gasteiger partial charge on any atom is 0.253 e. The second-order valence-electron chi connectivity index (χ2n) is 7.04. The molecule has 0 aromatic heterocycles. The van der Waals surface area contributed by atoms with Gasteiger partial charge in [-0.1, -0.05) is 49.0 Å². The first-order chi connectivity index (χ1) is 15.3. The number of aromatic hydroxyl groups is 2. The van der Waals surface area contributed by atoms with Gasteiger partial charge in [0.15, 0.2) is 17.2 Å². The summed E-state index contributed by atoms with van der Waals surface area (Å²) in [5.74, 6) is -1.48. The van der Waals surface area contributed by atoms with Crippen LogP contribution >= 0.6 is 0 Å². The minimum atomic E-state index is -0.481. The predicted molar refractivity (Wildman–Crippen MR) is 123 cm³/mol. The fourth-order valence-electron chi connectivity index (χ4n) is 3.13. The Morgan fingerprint density at radius 3 is 2.25 bits per heavy atom. The van der Waals surface area contributed by atoms with Gasteiger partial charge in [-0.15, -0.1) is 10.2 Å². The van der Waals surface area contributed by atoms with Crippen molar-refractivity contribution in [2.45, 2.75) is 13.8 Å². The third-order valence-electron chi connectivity index (χ3n) is 4.77. The standard InChI is InChI=1S/C25H23N3O4/c1-4-28(25(32)16(2)3)20-13-9-8-12-19(20)26-27-22-21(29)15-14-18(24(22)31)23(30)17-10-6-5-7-11-17/h5-15,29,31H,2,4H2,1,3H3. The molecule has 1 amide bonds. The Bertz CT molecular complexity index is 1200. The van der Waals surface area contributed by atoms with Gasteiger partial charge >= 0.3 is 0 Å². The lowest BCUT2D eigenvalue weighted by Crippen LogP contribution is -2.30. The molecule has 32 heavy (non-hydrogen) atoms. The van der Waals surface area contributed by atoms with Gasteiger partial charge in [-0.2, -0.15) is 0 Å². The van der Waals surface area contributed by atoms with Gasteiger partial charge in [-0.3, -0.25) is 9.59 Å². The van der Waals surface area contributed by atoms with Crippen LogP contribution in [0.1, 0.15) is 29.8 Å². The molecule has 0 saturated carbocycles. The highest BCUT2D eigenvalue weighted by Crippen LogP contribution is 2.41. The van der Waals surface area contributed by atoms with Crippen molar-refractivity contribution in [3.8, 4) is 11.5 Å². The molecule has 2 N–H and O–H groups in total. The van der Waals surface area contributed by atoms with E-state index in [-0.39, 0.29) is 22.9 Å². The third kappa shape index (κ3) is 4.57. The Morgan fingerprint density at radius 1 is 0.938 bits per heavy atom. The number of anilines is 1. The van der Waals surface area contributed by atoms with Gasteiger partial charge < -0.3 is 15.1 Å². The molecular formula is C25H23N3O4. The monoisotopic (exact) mass is 429 g/mol. The number of benzene rings is 3. The summed E-state index contributed by atoms with van der Waals surface area (Å²) in [6.07, 6.45) is 0. The van der Waals surface area contributed by atoms with Crippen molar-refractivity contribution in [2.24, 2.45) is 10.2 Å². The number of hydrogen-bond acceptors (Lipinski definition) is 6. The molecule has 3 aromatic rings. The van der Waals surface area contributed by atoms with Crippen LogP contribution in [-0.2, 0) is 4.79 Å². The summed E-state index contributed by atoms with van der Waals surface area (Å²) in [6, 6.07) is 17.9. The zero-order valence-electron chi connectivity index (χ0n) is 17.8. The van der Waals surface area contributed by atoms with E-state index in [0.717, 1.165) is 0 Å². The summed E-state index contributed by atoms with van der Waals surface area (Å²) in [5.41, 5.74) is 1.36. The first-order valence-electron chi connectivity index (χ1n) is 9.98. The Morgan fingerprint density at radius 2 is 1.59 bits per heavy atom. The zero-order valence-corrected chi connectivity index (χ0v) is 17.8. The van der Waals surface area contributed by atoms with Gasteiger partial charge in [0.25, 0.3) is 5.91 Å². The Labute approximate surface area is 186 Å². The highest BCUT2D eigenvalue weighted by molar-refractivity contribution is 6.11. The molecule has 0 bridgehead atoms. The quantitative estimate of drug-likeness (QED) is 0.287. The van der Waals surface area contributed by atoms with Crippen molar-refractivity contribution in [3.05, 3.63) is 90.0 Å². The maximum atomic E-state index is 12.8. The van der Waals surface area contributed by atoms with Gasteiger partial charge in [0.1, 0.15) is 11.4 Å². The summed E-state index contributed by atoms with van der Waals surface area (Å²) in [6.45, 7) is 7.54. The fourth-order valence-corrected chi connectivity index (χ4v) is 3.13. The smallest absolute Gasteiger partial charge is 0.253 e. The number of amides is 1. The van der Waals surface area contributed by atoms with E-state index in [9.17, 15) is 19.8 Å². The highest BCUT2D eigenvalue weighted by atomic mass is 16.3. The number of phenols is 2. The molecule has 0 fully saturated rings. The van der Waals surface area contributed by atoms with E-state index in [4.69, 9.17) is 0 Å². The van der Waals surface area contributed by atoms with E-state index in [1.165, 1.54) is 17.0 Å². The Balaban J connectivity index is 2.02. The number of ketones is 1. The maximum absolute atomic E-state index is 12.8. The summed E-state index contributed by atoms with van der Waals surface area (Å²) in [4.78, 5) is 26.8. The fraction of sp³-hybridized carbons (Fsp3) is 0.120. The number of phenolic OH excluding ortho intramolecular Hbond substituents is 2. The predicted octanol–water partition coefficient (Wildman–Crippen LogP) is 5.67. The van der Waals surface area contributed by atoms with Crippen LogP contribution < -0.4 is 4.90 Å². The normalized spacial score (nSPS) is 10.8. The lowest BCUT2D eigenvalue weighted by Gasteiger charge is -2.22. The number of azo groups is 1. The Hall–Kier alpha value is -4.26. The molecule has 0 saturated heterocycles. The number of para-hydroxylation sites is 1. The largest absolute Gasteiger partial charge is 0.505 e. The molecule has 162 valence electrons. The van der Waals surface area contributed by atoms with E-state index in [1.807, 2.05) is 6.92 Å². The topological polar surface area (TPSA) is 103 Å². The van der Waals surface area contributed by atoms with Crippen LogP contribution in [0, 0.1) is 0 Å². The van der Waals surface area contributed by atoms with Crippen LogP contribution in [0.4, 0.5) is 17.1 Å². The lowest BCUT2D eigenvalue weighted by molar-refractivity contribution is -0.115. The van der Waals surface area contributed by atoms with Gasteiger partial charge in [0, 0.05) is 17.7 Å². The second kappa shape index (κ2) is 9.70. The van der Waals surface area contributed by atoms with Crippen LogP contribution in [0.3, 0.4) is 0 Å². The molecule has 0 unspecified atom stereocenters. The summed E-state index contributed by atoms with van der Waals surface area (Å²) in [7, 11) is 0. The lowest BCUT2D eigenvalue weighted by atomic mass is 10.0. The first-order valence-corrected chi connectivity index (χ1v) is 9.98. The molecule has 0 heterocycles. The molecule has 0 aliphatic heterocycles. The van der Waals surface area contributed by atoms with E-state index < -0.39 is 11.5 Å². The average Bonchev–Trinajstić information content (AvgIpc) is 2.80. The van der Waals surface area contributed by atoms with Gasteiger partial charge in [0.2, 0.25) is 0 Å². The molecule has 0 atom stereocenters. The van der Waals surface area contributed by atoms with Gasteiger partial charge in [-0.05, 0) is 38.1 Å². The third-order valence-corrected chi connectivity index (χ3v) is 4.77. The SMILES string of the molecule is C=C(C)C(=O)N(CC)c1ccccc1N=Nc1c(O)ccc(C(=O)c2ccccc2)c1O. The number of carbonyl (C=O) groups is 2. The minimum Gasteiger partial charge on any atom is -0.505 e. The van der Waals surface area contributed by atoms with Gasteiger partial charge in [0.05, 0.1) is 11.3 Å². The van der Waals surface area contributed by atoms with E-state index in [1.54, 1.807) is 61.5 Å². The second-order valence-corrected chi connectivity index (χ2v) is 7.04. The highest BCUT2D eigenvalue weighted by Gasteiger charge is 2.20. The summed E-state index contributed by atoms with van der Waals surface area (Å²) in [5, 5.41) is 29.0. The van der Waals surface area contributed by atoms with E-state index in [2.05, 4.69) is 16.8 Å². The number of likely N-dealkylation sites (N-methyl/N-ethyl adjacent to an activating group) is 1. The molecule has 0 aliphatic carbocycles. The average molecular weight is 429 g/mol. The van der Waals surface area contributed by atoms with E-state index in [0.29, 0.717) is 29.1 Å². The molecular weight excluding hydrogens is 406 g/mol. The number of hydrogen-bond donors (Lipinski definition) is 2. The van der Waals surface area contributed by atoms with Crippen molar-refractivity contribution < 1.29 is 19.8 Å².